The Morgan fingerprint density at radius 2 is 1.50 bits per heavy atom. The Balaban J connectivity index is 2.66. The van der Waals surface area contributed by atoms with Crippen LogP contribution < -0.4 is 18.5 Å². The maximum absolute atomic E-state index is 13.4. The van der Waals surface area contributed by atoms with Gasteiger partial charge < -0.3 is 18.9 Å². The van der Waals surface area contributed by atoms with E-state index in [0.717, 1.165) is 9.87 Å². The number of esters is 1. The monoisotopic (exact) mass is 409 g/mol. The van der Waals surface area contributed by atoms with Crippen molar-refractivity contribution in [3.63, 3.8) is 0 Å². The van der Waals surface area contributed by atoms with Crippen molar-refractivity contribution in [2.24, 2.45) is 0 Å². The summed E-state index contributed by atoms with van der Waals surface area (Å²) in [5, 5.41) is 0. The molecule has 0 amide bonds. The molecule has 2 aromatic rings. The van der Waals surface area contributed by atoms with Crippen LogP contribution in [0.15, 0.2) is 41.3 Å². The Labute approximate surface area is 164 Å². The fourth-order valence-corrected chi connectivity index (χ4v) is 4.01. The second kappa shape index (κ2) is 8.83. The number of anilines is 1. The first-order valence-corrected chi connectivity index (χ1v) is 9.68. The molecule has 2 aromatic carbocycles. The molecule has 0 spiro atoms. The van der Waals surface area contributed by atoms with E-state index in [9.17, 15) is 13.2 Å². The molecule has 0 aromatic heterocycles. The van der Waals surface area contributed by atoms with Gasteiger partial charge >= 0.3 is 5.97 Å². The minimum absolute atomic E-state index is 0.0717. The maximum atomic E-state index is 13.4. The van der Waals surface area contributed by atoms with Crippen LogP contribution in [-0.2, 0) is 19.6 Å². The van der Waals surface area contributed by atoms with Crippen LogP contribution >= 0.6 is 0 Å². The zero-order chi connectivity index (χ0) is 20.9. The number of carbonyl (C=O) groups is 1. The molecule has 0 aliphatic carbocycles. The van der Waals surface area contributed by atoms with Crippen molar-refractivity contribution in [1.82, 2.24) is 0 Å². The molecular formula is C19H23NO7S. The fourth-order valence-electron chi connectivity index (χ4n) is 2.58. The largest absolute Gasteiger partial charge is 0.495 e. The van der Waals surface area contributed by atoms with Crippen LogP contribution in [0.1, 0.15) is 5.56 Å². The highest BCUT2D eigenvalue weighted by Gasteiger charge is 2.30. The highest BCUT2D eigenvalue weighted by Crippen LogP contribution is 2.36. The second-order valence-electron chi connectivity index (χ2n) is 5.78. The molecule has 0 unspecified atom stereocenters. The summed E-state index contributed by atoms with van der Waals surface area (Å²) in [7, 11) is 1.32. The summed E-state index contributed by atoms with van der Waals surface area (Å²) in [5.74, 6) is 0.220. The summed E-state index contributed by atoms with van der Waals surface area (Å²) < 4.78 is 48.1. The van der Waals surface area contributed by atoms with Crippen molar-refractivity contribution in [2.75, 3.05) is 39.3 Å². The molecule has 9 heteroatoms. The van der Waals surface area contributed by atoms with E-state index in [0.29, 0.717) is 11.5 Å². The minimum Gasteiger partial charge on any atom is -0.495 e. The smallest absolute Gasteiger partial charge is 0.326 e. The SMILES string of the molecule is COC(=O)CN(c1cc(C)ccc1OC)S(=O)(=O)c1ccc(OC)c(OC)c1. The Morgan fingerprint density at radius 3 is 2.07 bits per heavy atom. The number of rotatable bonds is 8. The predicted molar refractivity (Wildman–Crippen MR) is 104 cm³/mol. The number of aryl methyl sites for hydroxylation is 1. The summed E-state index contributed by atoms with van der Waals surface area (Å²) in [6.07, 6.45) is 0. The molecule has 8 nitrogen and oxygen atoms in total. The molecule has 0 heterocycles. The van der Waals surface area contributed by atoms with E-state index in [1.165, 1.54) is 46.6 Å². The van der Waals surface area contributed by atoms with Gasteiger partial charge in [0.2, 0.25) is 0 Å². The lowest BCUT2D eigenvalue weighted by Gasteiger charge is -2.25. The zero-order valence-corrected chi connectivity index (χ0v) is 17.2. The van der Waals surface area contributed by atoms with Gasteiger partial charge in [-0.25, -0.2) is 8.42 Å². The lowest BCUT2D eigenvalue weighted by Crippen LogP contribution is -2.36. The third-order valence-corrected chi connectivity index (χ3v) is 5.80. The molecule has 0 atom stereocenters. The van der Waals surface area contributed by atoms with Crippen molar-refractivity contribution in [2.45, 2.75) is 11.8 Å². The molecule has 0 saturated carbocycles. The van der Waals surface area contributed by atoms with Gasteiger partial charge in [0.05, 0.1) is 39.0 Å². The number of ether oxygens (including phenoxy) is 4. The van der Waals surface area contributed by atoms with Crippen LogP contribution in [0, 0.1) is 6.92 Å². The Morgan fingerprint density at radius 1 is 0.893 bits per heavy atom. The molecule has 0 aliphatic heterocycles. The lowest BCUT2D eigenvalue weighted by molar-refractivity contribution is -0.138. The van der Waals surface area contributed by atoms with Gasteiger partial charge in [-0.3, -0.25) is 9.10 Å². The summed E-state index contributed by atoms with van der Waals surface area (Å²) in [5.41, 5.74) is 1.02. The molecule has 0 bridgehead atoms. The molecule has 2 rings (SSSR count). The van der Waals surface area contributed by atoms with E-state index < -0.39 is 22.5 Å². The predicted octanol–water partition coefficient (Wildman–Crippen LogP) is 2.39. The van der Waals surface area contributed by atoms with E-state index in [1.807, 2.05) is 6.92 Å². The molecule has 0 aliphatic rings. The third kappa shape index (κ3) is 4.30. The van der Waals surface area contributed by atoms with E-state index >= 15 is 0 Å². The van der Waals surface area contributed by atoms with Crippen LogP contribution in [0.25, 0.3) is 0 Å². The first-order valence-electron chi connectivity index (χ1n) is 8.24. The van der Waals surface area contributed by atoms with Crippen LogP contribution in [-0.4, -0.2) is 49.4 Å². The molecule has 28 heavy (non-hydrogen) atoms. The number of hydrogen-bond acceptors (Lipinski definition) is 7. The summed E-state index contributed by atoms with van der Waals surface area (Å²) in [6.45, 7) is 1.29. The highest BCUT2D eigenvalue weighted by molar-refractivity contribution is 7.92. The van der Waals surface area contributed by atoms with Crippen LogP contribution in [0.5, 0.6) is 17.2 Å². The van der Waals surface area contributed by atoms with Gasteiger partial charge in [0.25, 0.3) is 10.0 Å². The van der Waals surface area contributed by atoms with Gasteiger partial charge in [-0.1, -0.05) is 6.07 Å². The van der Waals surface area contributed by atoms with Gasteiger partial charge in [0, 0.05) is 6.07 Å². The average molecular weight is 409 g/mol. The molecule has 0 radical (unpaired) electrons. The molecule has 152 valence electrons. The van der Waals surface area contributed by atoms with Crippen molar-refractivity contribution in [1.29, 1.82) is 0 Å². The quantitative estimate of drug-likeness (QED) is 0.618. The maximum Gasteiger partial charge on any atom is 0.326 e. The lowest BCUT2D eigenvalue weighted by atomic mass is 10.2. The number of methoxy groups -OCH3 is 4. The Bertz CT molecular complexity index is 957. The van der Waals surface area contributed by atoms with E-state index in [-0.39, 0.29) is 16.3 Å². The van der Waals surface area contributed by atoms with E-state index in [1.54, 1.807) is 18.2 Å². The van der Waals surface area contributed by atoms with Crippen molar-refractivity contribution >= 4 is 21.7 Å². The molecule has 0 fully saturated rings. The second-order valence-corrected chi connectivity index (χ2v) is 7.64. The average Bonchev–Trinajstić information content (AvgIpc) is 2.70. The van der Waals surface area contributed by atoms with Gasteiger partial charge in [0.15, 0.2) is 11.5 Å². The number of hydrogen-bond donors (Lipinski definition) is 0. The van der Waals surface area contributed by atoms with E-state index in [2.05, 4.69) is 4.74 Å². The van der Waals surface area contributed by atoms with Gasteiger partial charge in [-0.2, -0.15) is 0 Å². The highest BCUT2D eigenvalue weighted by atomic mass is 32.2. The normalized spacial score (nSPS) is 10.9. The number of sulfonamides is 1. The van der Waals surface area contributed by atoms with Crippen LogP contribution in [0.3, 0.4) is 0 Å². The fraction of sp³-hybridized carbons (Fsp3) is 0.316. The summed E-state index contributed by atoms with van der Waals surface area (Å²) in [6, 6.07) is 9.24. The summed E-state index contributed by atoms with van der Waals surface area (Å²) in [4.78, 5) is 11.9. The molecular weight excluding hydrogens is 386 g/mol. The van der Waals surface area contributed by atoms with Gasteiger partial charge in [-0.05, 0) is 36.8 Å². The van der Waals surface area contributed by atoms with Gasteiger partial charge in [-0.15, -0.1) is 0 Å². The Kier molecular flexibility index (Phi) is 6.74. The van der Waals surface area contributed by atoms with Crippen molar-refractivity contribution in [3.8, 4) is 17.2 Å². The standard InChI is InChI=1S/C19H23NO7S/c1-13-6-8-16(24-2)15(10-13)20(12-19(21)27-5)28(22,23)14-7-9-17(25-3)18(11-14)26-4/h6-11H,12H2,1-5H3. The Hall–Kier alpha value is -2.94. The van der Waals surface area contributed by atoms with E-state index in [4.69, 9.17) is 14.2 Å². The van der Waals surface area contributed by atoms with Gasteiger partial charge in [0.1, 0.15) is 12.3 Å². The number of benzene rings is 2. The first kappa shape index (κ1) is 21.4. The van der Waals surface area contributed by atoms with Crippen molar-refractivity contribution < 1.29 is 32.2 Å². The number of carbonyl (C=O) groups excluding carboxylic acids is 1. The van der Waals surface area contributed by atoms with Crippen LogP contribution in [0.4, 0.5) is 5.69 Å². The first-order chi connectivity index (χ1) is 13.3. The summed E-state index contributed by atoms with van der Waals surface area (Å²) >= 11 is 0. The number of nitrogens with zero attached hydrogens (tertiary/aromatic N) is 1. The topological polar surface area (TPSA) is 91.4 Å². The van der Waals surface area contributed by atoms with Crippen LogP contribution in [0.2, 0.25) is 0 Å². The van der Waals surface area contributed by atoms with Crippen molar-refractivity contribution in [3.05, 3.63) is 42.0 Å². The molecule has 0 saturated heterocycles. The third-order valence-electron chi connectivity index (χ3n) is 4.05. The minimum atomic E-state index is -4.15. The molecule has 0 N–H and O–H groups in total. The zero-order valence-electron chi connectivity index (χ0n) is 16.4.